The number of nitrogens with one attached hydrogen (secondary N) is 1. The molecule has 0 radical (unpaired) electrons. The average Bonchev–Trinajstić information content (AvgIpc) is 3.26. The van der Waals surface area contributed by atoms with Gasteiger partial charge >= 0.3 is 6.09 Å². The number of nitrogens with zero attached hydrogens (tertiary/aromatic N) is 2. The van der Waals surface area contributed by atoms with Gasteiger partial charge < -0.3 is 19.4 Å². The van der Waals surface area contributed by atoms with Gasteiger partial charge in [0, 0.05) is 17.3 Å². The van der Waals surface area contributed by atoms with Crippen molar-refractivity contribution in [3.63, 3.8) is 0 Å². The van der Waals surface area contributed by atoms with Gasteiger partial charge in [-0.3, -0.25) is 0 Å². The molecule has 0 saturated carbocycles. The fourth-order valence-corrected chi connectivity index (χ4v) is 3.45. The molecule has 3 aromatic carbocycles. The first-order valence-corrected chi connectivity index (χ1v) is 10.5. The summed E-state index contributed by atoms with van der Waals surface area (Å²) in [6.45, 7) is 0.560. The van der Waals surface area contributed by atoms with E-state index in [1.165, 1.54) is 6.07 Å². The van der Waals surface area contributed by atoms with Crippen LogP contribution in [0.25, 0.3) is 11.3 Å². The lowest BCUT2D eigenvalue weighted by Gasteiger charge is -2.10. The number of amides is 1. The first kappa shape index (κ1) is 22.1. The van der Waals surface area contributed by atoms with Crippen molar-refractivity contribution >= 4 is 6.09 Å². The zero-order valence-corrected chi connectivity index (χ0v) is 18.2. The molecule has 1 aromatic heterocycles. The number of rotatable bonds is 8. The highest BCUT2D eigenvalue weighted by molar-refractivity contribution is 5.68. The lowest BCUT2D eigenvalue weighted by Crippen LogP contribution is -2.25. The molecule has 0 fully saturated rings. The molecule has 0 unspecified atom stereocenters. The molecule has 33 heavy (non-hydrogen) atoms. The number of benzene rings is 3. The molecule has 0 bridgehead atoms. The first-order valence-electron chi connectivity index (χ1n) is 10.5. The highest BCUT2D eigenvalue weighted by Gasteiger charge is 2.15. The van der Waals surface area contributed by atoms with E-state index in [0.29, 0.717) is 22.8 Å². The van der Waals surface area contributed by atoms with Crippen LogP contribution in [0.1, 0.15) is 17.0 Å². The van der Waals surface area contributed by atoms with Crippen LogP contribution in [0.4, 0.5) is 9.18 Å². The molecule has 0 saturated heterocycles. The van der Waals surface area contributed by atoms with Crippen LogP contribution < -0.4 is 10.1 Å². The number of aromatic nitrogens is 2. The van der Waals surface area contributed by atoms with Crippen LogP contribution in [0.2, 0.25) is 0 Å². The van der Waals surface area contributed by atoms with E-state index < -0.39 is 6.09 Å². The maximum atomic E-state index is 14.3. The Bertz CT molecular complexity index is 1220. The summed E-state index contributed by atoms with van der Waals surface area (Å²) in [4.78, 5) is 16.9. The second-order valence-corrected chi connectivity index (χ2v) is 7.38. The summed E-state index contributed by atoms with van der Waals surface area (Å²) >= 11 is 0. The van der Waals surface area contributed by atoms with Crippen molar-refractivity contribution in [1.82, 2.24) is 14.9 Å². The van der Waals surface area contributed by atoms with Gasteiger partial charge in [0.05, 0.1) is 25.9 Å². The van der Waals surface area contributed by atoms with Crippen molar-refractivity contribution in [1.29, 1.82) is 0 Å². The van der Waals surface area contributed by atoms with Crippen molar-refractivity contribution < 1.29 is 18.7 Å². The SMILES string of the molecule is COc1ccccc1-c1cn(Cc2ccccc2F)c(CNC(=O)OCc2ccccc2)n1. The van der Waals surface area contributed by atoms with E-state index in [0.717, 1.165) is 11.1 Å². The summed E-state index contributed by atoms with van der Waals surface area (Å²) in [6, 6.07) is 23.6. The molecular weight excluding hydrogens is 421 g/mol. The van der Waals surface area contributed by atoms with Gasteiger partial charge in [0.25, 0.3) is 0 Å². The number of halogens is 1. The van der Waals surface area contributed by atoms with E-state index in [2.05, 4.69) is 5.32 Å². The highest BCUT2D eigenvalue weighted by Crippen LogP contribution is 2.29. The fraction of sp³-hybridized carbons (Fsp3) is 0.154. The van der Waals surface area contributed by atoms with E-state index in [1.54, 1.807) is 25.3 Å². The molecule has 0 spiro atoms. The summed E-state index contributed by atoms with van der Waals surface area (Å²) in [5, 5.41) is 2.73. The van der Waals surface area contributed by atoms with Crippen LogP contribution in [-0.2, 0) is 24.4 Å². The predicted molar refractivity (Wildman–Crippen MR) is 123 cm³/mol. The normalized spacial score (nSPS) is 10.6. The minimum Gasteiger partial charge on any atom is -0.496 e. The van der Waals surface area contributed by atoms with Gasteiger partial charge in [0.1, 0.15) is 24.0 Å². The first-order chi connectivity index (χ1) is 16.1. The molecule has 0 aliphatic carbocycles. The topological polar surface area (TPSA) is 65.4 Å². The largest absolute Gasteiger partial charge is 0.496 e. The van der Waals surface area contributed by atoms with Crippen LogP contribution in [0.5, 0.6) is 5.75 Å². The second kappa shape index (κ2) is 10.5. The van der Waals surface area contributed by atoms with Gasteiger partial charge in [-0.15, -0.1) is 0 Å². The minimum absolute atomic E-state index is 0.122. The standard InChI is InChI=1S/C26H24FN3O3/c1-32-24-14-8-6-12-21(24)23-17-30(16-20-11-5-7-13-22(20)27)25(29-23)15-28-26(31)33-18-19-9-3-2-4-10-19/h2-14,17H,15-16,18H2,1H3,(H,28,31). The molecule has 1 amide bonds. The van der Waals surface area contributed by atoms with E-state index in [9.17, 15) is 9.18 Å². The number of methoxy groups -OCH3 is 1. The van der Waals surface area contributed by atoms with E-state index >= 15 is 0 Å². The van der Waals surface area contributed by atoms with Gasteiger partial charge in [-0.05, 0) is 23.8 Å². The summed E-state index contributed by atoms with van der Waals surface area (Å²) < 4.78 is 26.9. The molecule has 4 aromatic rings. The van der Waals surface area contributed by atoms with Crippen LogP contribution >= 0.6 is 0 Å². The van der Waals surface area contributed by atoms with Crippen LogP contribution in [-0.4, -0.2) is 22.8 Å². The number of carbonyl (C=O) groups is 1. The summed E-state index contributed by atoms with van der Waals surface area (Å²) in [6.07, 6.45) is 1.27. The molecule has 7 heteroatoms. The maximum Gasteiger partial charge on any atom is 0.407 e. The number of ether oxygens (including phenoxy) is 2. The zero-order valence-electron chi connectivity index (χ0n) is 18.2. The lowest BCUT2D eigenvalue weighted by atomic mass is 10.1. The Hall–Kier alpha value is -4.13. The Morgan fingerprint density at radius 2 is 1.73 bits per heavy atom. The van der Waals surface area contributed by atoms with E-state index in [-0.39, 0.29) is 25.5 Å². The number of para-hydroxylation sites is 1. The second-order valence-electron chi connectivity index (χ2n) is 7.38. The molecule has 1 N–H and O–H groups in total. The summed E-state index contributed by atoms with van der Waals surface area (Å²) in [7, 11) is 1.60. The quantitative estimate of drug-likeness (QED) is 0.406. The lowest BCUT2D eigenvalue weighted by molar-refractivity contribution is 0.138. The predicted octanol–water partition coefficient (Wildman–Crippen LogP) is 5.17. The molecule has 1 heterocycles. The number of imidazole rings is 1. The van der Waals surface area contributed by atoms with Crippen molar-refractivity contribution in [2.75, 3.05) is 7.11 Å². The molecule has 6 nitrogen and oxygen atoms in total. The third kappa shape index (κ3) is 5.57. The van der Waals surface area contributed by atoms with Crippen molar-refractivity contribution in [3.8, 4) is 17.0 Å². The van der Waals surface area contributed by atoms with Crippen LogP contribution in [0.15, 0.2) is 85.1 Å². The molecule has 4 rings (SSSR count). The summed E-state index contributed by atoms with van der Waals surface area (Å²) in [5.74, 6) is 0.942. The smallest absolute Gasteiger partial charge is 0.407 e. The van der Waals surface area contributed by atoms with Gasteiger partial charge in [-0.25, -0.2) is 14.2 Å². The minimum atomic E-state index is -0.557. The Labute approximate surface area is 191 Å². The molecule has 0 aliphatic rings. The molecule has 0 aliphatic heterocycles. The number of alkyl carbamates (subject to hydrolysis) is 1. The number of hydrogen-bond donors (Lipinski definition) is 1. The molecule has 0 atom stereocenters. The van der Waals surface area contributed by atoms with E-state index in [1.807, 2.05) is 65.4 Å². The average molecular weight is 445 g/mol. The number of hydrogen-bond acceptors (Lipinski definition) is 4. The van der Waals surface area contributed by atoms with Crippen molar-refractivity contribution in [2.24, 2.45) is 0 Å². The van der Waals surface area contributed by atoms with E-state index in [4.69, 9.17) is 14.5 Å². The van der Waals surface area contributed by atoms with Gasteiger partial charge in [0.2, 0.25) is 0 Å². The Morgan fingerprint density at radius 1 is 1.00 bits per heavy atom. The van der Waals surface area contributed by atoms with Gasteiger partial charge in [-0.1, -0.05) is 60.7 Å². The van der Waals surface area contributed by atoms with Crippen molar-refractivity contribution in [3.05, 3.63) is 108 Å². The number of carbonyl (C=O) groups excluding carboxylic acids is 1. The maximum absolute atomic E-state index is 14.3. The van der Waals surface area contributed by atoms with Crippen LogP contribution in [0.3, 0.4) is 0 Å². The molecule has 168 valence electrons. The van der Waals surface area contributed by atoms with Gasteiger partial charge in [0.15, 0.2) is 0 Å². The molecular formula is C26H24FN3O3. The summed E-state index contributed by atoms with van der Waals surface area (Å²) in [5.41, 5.74) is 2.89. The van der Waals surface area contributed by atoms with Crippen LogP contribution in [0, 0.1) is 5.82 Å². The zero-order chi connectivity index (χ0) is 23.0. The highest BCUT2D eigenvalue weighted by atomic mass is 19.1. The Morgan fingerprint density at radius 3 is 2.52 bits per heavy atom. The Balaban J connectivity index is 1.54. The van der Waals surface area contributed by atoms with Gasteiger partial charge in [-0.2, -0.15) is 0 Å². The third-order valence-corrected chi connectivity index (χ3v) is 5.14. The fourth-order valence-electron chi connectivity index (χ4n) is 3.45. The third-order valence-electron chi connectivity index (χ3n) is 5.14. The Kier molecular flexibility index (Phi) is 6.99. The van der Waals surface area contributed by atoms with Crippen molar-refractivity contribution in [2.45, 2.75) is 19.7 Å². The monoisotopic (exact) mass is 445 g/mol.